The molecule has 28 heavy (non-hydrogen) atoms. The van der Waals surface area contributed by atoms with Crippen molar-refractivity contribution in [2.75, 3.05) is 27.4 Å². The van der Waals surface area contributed by atoms with E-state index < -0.39 is 0 Å². The number of benzene rings is 2. The highest BCUT2D eigenvalue weighted by molar-refractivity contribution is 5.94. The van der Waals surface area contributed by atoms with Crippen LogP contribution in [-0.4, -0.2) is 42.7 Å². The van der Waals surface area contributed by atoms with Crippen LogP contribution in [0.3, 0.4) is 0 Å². The third-order valence-electron chi connectivity index (χ3n) is 4.66. The van der Waals surface area contributed by atoms with Gasteiger partial charge < -0.3 is 18.9 Å². The van der Waals surface area contributed by atoms with Crippen LogP contribution in [0.2, 0.25) is 0 Å². The topological polar surface area (TPSA) is 43.7 Å². The first-order valence-electron chi connectivity index (χ1n) is 9.31. The normalized spacial score (nSPS) is 10.6. The van der Waals surface area contributed by atoms with Crippen molar-refractivity contribution in [3.05, 3.63) is 89.7 Å². The van der Waals surface area contributed by atoms with Gasteiger partial charge in [0.05, 0.1) is 20.3 Å². The minimum atomic E-state index is -0.0211. The van der Waals surface area contributed by atoms with Crippen molar-refractivity contribution in [1.82, 2.24) is 9.47 Å². The summed E-state index contributed by atoms with van der Waals surface area (Å²) in [5, 5.41) is 0. The van der Waals surface area contributed by atoms with Gasteiger partial charge in [-0.25, -0.2) is 0 Å². The van der Waals surface area contributed by atoms with Gasteiger partial charge in [-0.2, -0.15) is 0 Å². The van der Waals surface area contributed by atoms with Crippen molar-refractivity contribution < 1.29 is 14.3 Å². The molecule has 0 saturated heterocycles. The third-order valence-corrected chi connectivity index (χ3v) is 4.66. The van der Waals surface area contributed by atoms with Gasteiger partial charge in [-0.3, -0.25) is 4.79 Å². The molecule has 0 N–H and O–H groups in total. The van der Waals surface area contributed by atoms with Gasteiger partial charge >= 0.3 is 0 Å². The second kappa shape index (κ2) is 9.76. The fourth-order valence-electron chi connectivity index (χ4n) is 3.09. The van der Waals surface area contributed by atoms with Gasteiger partial charge in [-0.05, 0) is 42.0 Å². The Labute approximate surface area is 166 Å². The molecule has 0 unspecified atom stereocenters. The van der Waals surface area contributed by atoms with Gasteiger partial charge in [0.25, 0.3) is 5.91 Å². The maximum Gasteiger partial charge on any atom is 0.254 e. The number of hydrogen-bond acceptors (Lipinski definition) is 3. The van der Waals surface area contributed by atoms with Crippen LogP contribution in [0, 0.1) is 0 Å². The number of amides is 1. The lowest BCUT2D eigenvalue weighted by atomic mass is 10.2. The third kappa shape index (κ3) is 5.02. The zero-order chi connectivity index (χ0) is 19.8. The number of nitrogens with zero attached hydrogens (tertiary/aromatic N) is 2. The van der Waals surface area contributed by atoms with Gasteiger partial charge in [-0.1, -0.05) is 30.3 Å². The number of ether oxygens (including phenoxy) is 2. The number of rotatable bonds is 9. The van der Waals surface area contributed by atoms with Gasteiger partial charge in [0.2, 0.25) is 0 Å². The molecule has 146 valence electrons. The van der Waals surface area contributed by atoms with E-state index in [2.05, 4.69) is 29.0 Å². The summed E-state index contributed by atoms with van der Waals surface area (Å²) in [4.78, 5) is 14.9. The number of carbonyl (C=O) groups is 1. The Kier molecular flexibility index (Phi) is 6.87. The molecule has 0 radical (unpaired) electrons. The fourth-order valence-corrected chi connectivity index (χ4v) is 3.09. The first kappa shape index (κ1) is 19.7. The fraction of sp³-hybridized carbons (Fsp3) is 0.261. The number of methoxy groups -OCH3 is 2. The molecular weight excluding hydrogens is 352 g/mol. The zero-order valence-corrected chi connectivity index (χ0v) is 16.4. The molecule has 2 aromatic carbocycles. The smallest absolute Gasteiger partial charge is 0.254 e. The van der Waals surface area contributed by atoms with Crippen LogP contribution in [0.25, 0.3) is 0 Å². The van der Waals surface area contributed by atoms with E-state index in [1.54, 1.807) is 38.5 Å². The quantitative estimate of drug-likeness (QED) is 0.568. The lowest BCUT2D eigenvalue weighted by Gasteiger charge is -2.23. The van der Waals surface area contributed by atoms with E-state index >= 15 is 0 Å². The molecule has 0 saturated carbocycles. The molecule has 0 bridgehead atoms. The predicted octanol–water partition coefficient (Wildman–Crippen LogP) is 3.83. The number of hydrogen-bond donors (Lipinski definition) is 0. The molecule has 0 fully saturated rings. The standard InChI is InChI=1S/C23H26N2O3/c1-27-16-15-25(23(26)20-10-12-22(28-2)13-11-20)18-21-9-6-14-24(21)17-19-7-4-3-5-8-19/h3-14H,15-18H2,1-2H3. The number of aromatic nitrogens is 1. The second-order valence-corrected chi connectivity index (χ2v) is 6.56. The molecule has 0 aliphatic heterocycles. The van der Waals surface area contributed by atoms with Crippen molar-refractivity contribution >= 4 is 5.91 Å². The monoisotopic (exact) mass is 378 g/mol. The minimum absolute atomic E-state index is 0.0211. The molecule has 5 heteroatoms. The Morgan fingerprint density at radius 2 is 1.71 bits per heavy atom. The van der Waals surface area contributed by atoms with Crippen LogP contribution in [-0.2, 0) is 17.8 Å². The predicted molar refractivity (Wildman–Crippen MR) is 110 cm³/mol. The van der Waals surface area contributed by atoms with Crippen molar-refractivity contribution in [1.29, 1.82) is 0 Å². The van der Waals surface area contributed by atoms with Crippen LogP contribution >= 0.6 is 0 Å². The molecule has 1 aromatic heterocycles. The average molecular weight is 378 g/mol. The summed E-state index contributed by atoms with van der Waals surface area (Å²) in [6, 6.07) is 21.6. The molecule has 3 rings (SSSR count). The van der Waals surface area contributed by atoms with E-state index in [0.717, 1.165) is 18.0 Å². The zero-order valence-electron chi connectivity index (χ0n) is 16.4. The van der Waals surface area contributed by atoms with E-state index in [1.165, 1.54) is 5.56 Å². The molecule has 0 atom stereocenters. The summed E-state index contributed by atoms with van der Waals surface area (Å²) in [7, 11) is 3.26. The molecular formula is C23H26N2O3. The second-order valence-electron chi connectivity index (χ2n) is 6.56. The minimum Gasteiger partial charge on any atom is -0.497 e. The maximum atomic E-state index is 13.1. The molecule has 0 aliphatic rings. The van der Waals surface area contributed by atoms with Crippen LogP contribution < -0.4 is 4.74 Å². The lowest BCUT2D eigenvalue weighted by Crippen LogP contribution is -2.34. The van der Waals surface area contributed by atoms with Crippen LogP contribution in [0.4, 0.5) is 0 Å². The van der Waals surface area contributed by atoms with Crippen LogP contribution in [0.15, 0.2) is 72.9 Å². The summed E-state index contributed by atoms with van der Waals surface area (Å²) >= 11 is 0. The van der Waals surface area contributed by atoms with Gasteiger partial charge in [-0.15, -0.1) is 0 Å². The molecule has 0 spiro atoms. The van der Waals surface area contributed by atoms with Crippen LogP contribution in [0.5, 0.6) is 5.75 Å². The van der Waals surface area contributed by atoms with Crippen molar-refractivity contribution in [3.8, 4) is 5.75 Å². The van der Waals surface area contributed by atoms with Crippen molar-refractivity contribution in [3.63, 3.8) is 0 Å². The Morgan fingerprint density at radius 3 is 2.39 bits per heavy atom. The Bertz CT molecular complexity index is 872. The van der Waals surface area contributed by atoms with E-state index in [9.17, 15) is 4.79 Å². The molecule has 1 heterocycles. The van der Waals surface area contributed by atoms with Gasteiger partial charge in [0.1, 0.15) is 5.75 Å². The molecule has 0 aliphatic carbocycles. The Hall–Kier alpha value is -3.05. The average Bonchev–Trinajstić information content (AvgIpc) is 3.18. The molecule has 3 aromatic rings. The van der Waals surface area contributed by atoms with E-state index in [1.807, 2.05) is 29.2 Å². The van der Waals surface area contributed by atoms with E-state index in [0.29, 0.717) is 25.3 Å². The lowest BCUT2D eigenvalue weighted by molar-refractivity contribution is 0.0676. The first-order valence-corrected chi connectivity index (χ1v) is 9.31. The highest BCUT2D eigenvalue weighted by Crippen LogP contribution is 2.16. The maximum absolute atomic E-state index is 13.1. The summed E-state index contributed by atoms with van der Waals surface area (Å²) in [6.07, 6.45) is 2.05. The summed E-state index contributed by atoms with van der Waals surface area (Å²) in [5.41, 5.74) is 2.95. The summed E-state index contributed by atoms with van der Waals surface area (Å²) in [6.45, 7) is 2.31. The van der Waals surface area contributed by atoms with Crippen LogP contribution in [0.1, 0.15) is 21.6 Å². The molecule has 1 amide bonds. The molecule has 5 nitrogen and oxygen atoms in total. The Balaban J connectivity index is 1.77. The van der Waals surface area contributed by atoms with Gasteiger partial charge in [0.15, 0.2) is 0 Å². The van der Waals surface area contributed by atoms with Gasteiger partial charge in [0, 0.05) is 37.7 Å². The highest BCUT2D eigenvalue weighted by Gasteiger charge is 2.17. The highest BCUT2D eigenvalue weighted by atomic mass is 16.5. The van der Waals surface area contributed by atoms with Crippen molar-refractivity contribution in [2.24, 2.45) is 0 Å². The van der Waals surface area contributed by atoms with Crippen molar-refractivity contribution in [2.45, 2.75) is 13.1 Å². The van der Waals surface area contributed by atoms with E-state index in [-0.39, 0.29) is 5.91 Å². The largest absolute Gasteiger partial charge is 0.497 e. The Morgan fingerprint density at radius 1 is 0.964 bits per heavy atom. The summed E-state index contributed by atoms with van der Waals surface area (Å²) < 4.78 is 12.6. The summed E-state index contributed by atoms with van der Waals surface area (Å²) in [5.74, 6) is 0.712. The number of carbonyl (C=O) groups excluding carboxylic acids is 1. The first-order chi connectivity index (χ1) is 13.7. The van der Waals surface area contributed by atoms with E-state index in [4.69, 9.17) is 9.47 Å². The SMILES string of the molecule is COCCN(Cc1cccn1Cc1ccccc1)C(=O)c1ccc(OC)cc1.